The molecule has 4 bridgehead atoms. The van der Waals surface area contributed by atoms with E-state index in [-0.39, 0.29) is 5.60 Å². The van der Waals surface area contributed by atoms with E-state index in [9.17, 15) is 4.79 Å². The highest BCUT2D eigenvalue weighted by Gasteiger charge is 2.70. The molecule has 17 heavy (non-hydrogen) atoms. The van der Waals surface area contributed by atoms with Gasteiger partial charge in [-0.2, -0.15) is 0 Å². The van der Waals surface area contributed by atoms with Crippen molar-refractivity contribution in [2.24, 2.45) is 35.5 Å². The first-order valence-corrected chi connectivity index (χ1v) is 7.47. The second-order valence-corrected chi connectivity index (χ2v) is 7.21. The molecular formula is C15H20O2. The highest BCUT2D eigenvalue weighted by molar-refractivity contribution is 5.90. The highest BCUT2D eigenvalue weighted by Crippen LogP contribution is 2.71. The summed E-state index contributed by atoms with van der Waals surface area (Å²) in [5, 5.41) is 0. The van der Waals surface area contributed by atoms with Crippen LogP contribution in [0.4, 0.5) is 0 Å². The number of hydrogen-bond acceptors (Lipinski definition) is 2. The summed E-state index contributed by atoms with van der Waals surface area (Å²) in [6.07, 6.45) is 7.49. The maximum absolute atomic E-state index is 12.3. The van der Waals surface area contributed by atoms with E-state index in [2.05, 4.69) is 0 Å². The number of hydrogen-bond donors (Lipinski definition) is 0. The normalized spacial score (nSPS) is 62.9. The summed E-state index contributed by atoms with van der Waals surface area (Å²) < 4.78 is 6.01. The predicted molar refractivity (Wildman–Crippen MR) is 62.3 cm³/mol. The maximum Gasteiger partial charge on any atom is 0.167 e. The van der Waals surface area contributed by atoms with Crippen LogP contribution in [0.25, 0.3) is 0 Å². The maximum atomic E-state index is 12.3. The number of ketones is 1. The first-order chi connectivity index (χ1) is 8.29. The van der Waals surface area contributed by atoms with Gasteiger partial charge in [-0.25, -0.2) is 0 Å². The third-order valence-corrected chi connectivity index (χ3v) is 6.94. The van der Waals surface area contributed by atoms with Crippen LogP contribution in [0.15, 0.2) is 0 Å². The molecule has 0 N–H and O–H groups in total. The molecule has 2 nitrogen and oxygen atoms in total. The number of rotatable bonds is 0. The smallest absolute Gasteiger partial charge is 0.167 e. The summed E-state index contributed by atoms with van der Waals surface area (Å²) in [6.45, 7) is 0.702. The van der Waals surface area contributed by atoms with E-state index in [4.69, 9.17) is 4.74 Å². The van der Waals surface area contributed by atoms with E-state index >= 15 is 0 Å². The van der Waals surface area contributed by atoms with Gasteiger partial charge in [-0.3, -0.25) is 4.79 Å². The van der Waals surface area contributed by atoms with Crippen molar-refractivity contribution in [1.29, 1.82) is 0 Å². The Morgan fingerprint density at radius 2 is 1.88 bits per heavy atom. The summed E-state index contributed by atoms with van der Waals surface area (Å²) in [4.78, 5) is 12.3. The lowest BCUT2D eigenvalue weighted by Crippen LogP contribution is -2.48. The van der Waals surface area contributed by atoms with Crippen LogP contribution in [-0.2, 0) is 9.53 Å². The molecule has 7 atom stereocenters. The van der Waals surface area contributed by atoms with Crippen molar-refractivity contribution in [3.05, 3.63) is 0 Å². The summed E-state index contributed by atoms with van der Waals surface area (Å²) in [7, 11) is 0. The van der Waals surface area contributed by atoms with Crippen molar-refractivity contribution in [3.63, 3.8) is 0 Å². The van der Waals surface area contributed by atoms with Gasteiger partial charge in [0, 0.05) is 6.42 Å². The van der Waals surface area contributed by atoms with E-state index in [1.807, 2.05) is 0 Å². The Bertz CT molecular complexity index is 404. The van der Waals surface area contributed by atoms with Crippen LogP contribution in [0.5, 0.6) is 0 Å². The fourth-order valence-corrected chi connectivity index (χ4v) is 6.68. The fraction of sp³-hybridized carbons (Fsp3) is 0.933. The summed E-state index contributed by atoms with van der Waals surface area (Å²) in [6, 6.07) is 0. The standard InChI is InChI=1S/C15H20O2/c16-12-3-4-17-15(12)7-10-6-11(15)14-9-2-1-8(5-9)13(10)14/h8-11,13-14H,1-7H2. The monoisotopic (exact) mass is 232 g/mol. The first-order valence-electron chi connectivity index (χ1n) is 7.47. The van der Waals surface area contributed by atoms with Crippen molar-refractivity contribution in [2.45, 2.75) is 44.1 Å². The van der Waals surface area contributed by atoms with E-state index in [0.29, 0.717) is 24.7 Å². The molecule has 4 saturated carbocycles. The van der Waals surface area contributed by atoms with Gasteiger partial charge in [-0.15, -0.1) is 0 Å². The molecule has 7 unspecified atom stereocenters. The van der Waals surface area contributed by atoms with Crippen LogP contribution in [0.2, 0.25) is 0 Å². The Balaban J connectivity index is 1.58. The van der Waals surface area contributed by atoms with E-state index < -0.39 is 0 Å². The molecule has 5 fully saturated rings. The van der Waals surface area contributed by atoms with Gasteiger partial charge in [0.2, 0.25) is 0 Å². The fourth-order valence-electron chi connectivity index (χ4n) is 6.68. The molecule has 1 aliphatic heterocycles. The van der Waals surface area contributed by atoms with E-state index in [1.165, 1.54) is 25.7 Å². The summed E-state index contributed by atoms with van der Waals surface area (Å²) in [5.41, 5.74) is -0.281. The lowest BCUT2D eigenvalue weighted by atomic mass is 9.65. The van der Waals surface area contributed by atoms with Gasteiger partial charge in [0.25, 0.3) is 0 Å². The molecule has 1 heterocycles. The van der Waals surface area contributed by atoms with Crippen LogP contribution in [-0.4, -0.2) is 18.0 Å². The quantitative estimate of drug-likeness (QED) is 0.600. The van der Waals surface area contributed by atoms with Crippen molar-refractivity contribution in [1.82, 2.24) is 0 Å². The molecular weight excluding hydrogens is 212 g/mol. The minimum atomic E-state index is -0.281. The molecule has 2 heteroatoms. The largest absolute Gasteiger partial charge is 0.366 e. The molecule has 0 aromatic heterocycles. The average Bonchev–Trinajstić information content (AvgIpc) is 3.07. The van der Waals surface area contributed by atoms with Gasteiger partial charge in [-0.05, 0) is 67.6 Å². The number of carbonyl (C=O) groups excluding carboxylic acids is 1. The minimum Gasteiger partial charge on any atom is -0.366 e. The topological polar surface area (TPSA) is 26.3 Å². The number of Topliss-reactive ketones (excluding diaryl/α,β-unsaturated/α-hetero) is 1. The number of ether oxygens (including phenoxy) is 1. The highest BCUT2D eigenvalue weighted by atomic mass is 16.5. The number of carbonyl (C=O) groups is 1. The van der Waals surface area contributed by atoms with Gasteiger partial charge in [-0.1, -0.05) is 0 Å². The third kappa shape index (κ3) is 0.905. The summed E-state index contributed by atoms with van der Waals surface area (Å²) >= 11 is 0. The summed E-state index contributed by atoms with van der Waals surface area (Å²) in [5.74, 6) is 5.73. The van der Waals surface area contributed by atoms with Crippen molar-refractivity contribution >= 4 is 5.78 Å². The third-order valence-electron chi connectivity index (χ3n) is 6.94. The van der Waals surface area contributed by atoms with E-state index in [1.54, 1.807) is 0 Å². The van der Waals surface area contributed by atoms with Crippen LogP contribution in [0, 0.1) is 35.5 Å². The molecule has 0 amide bonds. The van der Waals surface area contributed by atoms with Crippen molar-refractivity contribution in [2.75, 3.05) is 6.61 Å². The van der Waals surface area contributed by atoms with Crippen LogP contribution in [0.1, 0.15) is 38.5 Å². The van der Waals surface area contributed by atoms with Crippen LogP contribution in [0.3, 0.4) is 0 Å². The molecule has 0 aromatic rings. The van der Waals surface area contributed by atoms with Crippen LogP contribution < -0.4 is 0 Å². The van der Waals surface area contributed by atoms with Crippen molar-refractivity contribution < 1.29 is 9.53 Å². The lowest BCUT2D eigenvalue weighted by Gasteiger charge is -2.43. The molecule has 92 valence electrons. The second-order valence-electron chi connectivity index (χ2n) is 7.21. The SMILES string of the molecule is O=C1CCOC12CC1CC2C2C3CCC(C3)C12. The van der Waals surface area contributed by atoms with E-state index in [0.717, 1.165) is 36.0 Å². The second kappa shape index (κ2) is 2.79. The Morgan fingerprint density at radius 3 is 2.65 bits per heavy atom. The van der Waals surface area contributed by atoms with Crippen LogP contribution >= 0.6 is 0 Å². The van der Waals surface area contributed by atoms with Gasteiger partial charge in [0.05, 0.1) is 6.61 Å². The molecule has 0 aromatic carbocycles. The zero-order valence-electron chi connectivity index (χ0n) is 10.2. The number of fused-ring (bicyclic) bond motifs is 10. The zero-order chi connectivity index (χ0) is 11.2. The Labute approximate surface area is 102 Å². The molecule has 5 rings (SSSR count). The average molecular weight is 232 g/mol. The molecule has 1 saturated heterocycles. The molecule has 0 radical (unpaired) electrons. The minimum absolute atomic E-state index is 0.281. The lowest BCUT2D eigenvalue weighted by molar-refractivity contribution is -0.143. The van der Waals surface area contributed by atoms with Gasteiger partial charge < -0.3 is 4.74 Å². The van der Waals surface area contributed by atoms with Gasteiger partial charge in [0.15, 0.2) is 5.78 Å². The Kier molecular flexibility index (Phi) is 1.57. The van der Waals surface area contributed by atoms with Gasteiger partial charge in [0.1, 0.15) is 5.60 Å². The zero-order valence-corrected chi connectivity index (χ0v) is 10.2. The molecule has 4 aliphatic carbocycles. The predicted octanol–water partition coefficient (Wildman–Crippen LogP) is 2.42. The van der Waals surface area contributed by atoms with Crippen molar-refractivity contribution in [3.8, 4) is 0 Å². The molecule has 5 aliphatic rings. The Morgan fingerprint density at radius 1 is 1.06 bits per heavy atom. The molecule has 1 spiro atoms. The Hall–Kier alpha value is -0.370. The van der Waals surface area contributed by atoms with Gasteiger partial charge >= 0.3 is 0 Å². The first kappa shape index (κ1) is 9.55.